The predicted octanol–water partition coefficient (Wildman–Crippen LogP) is 2.73. The van der Waals surface area contributed by atoms with Crippen molar-refractivity contribution in [3.63, 3.8) is 0 Å². The van der Waals surface area contributed by atoms with Gasteiger partial charge in [-0.1, -0.05) is 54.1 Å². The highest BCUT2D eigenvalue weighted by atomic mass is 35.5. The standard InChI is InChI=1S/C20H21ClN2O3/c1-26-11-10-23-18(24)12-14-6-2-4-8-16(14)19(23)20(25)22-13-15-7-3-5-9-17(15)21/h2-9,19H,10-13H2,1H3,(H,22,25)/t19-/m0/s1. The maximum absolute atomic E-state index is 13.0. The molecule has 26 heavy (non-hydrogen) atoms. The van der Waals surface area contributed by atoms with Crippen LogP contribution in [0.15, 0.2) is 48.5 Å². The highest BCUT2D eigenvalue weighted by Crippen LogP contribution is 2.30. The normalized spacial score (nSPS) is 16.3. The minimum Gasteiger partial charge on any atom is -0.383 e. The first-order valence-electron chi connectivity index (χ1n) is 8.49. The molecule has 0 saturated carbocycles. The molecule has 1 aliphatic heterocycles. The van der Waals surface area contributed by atoms with Gasteiger partial charge in [-0.25, -0.2) is 0 Å². The van der Waals surface area contributed by atoms with Gasteiger partial charge in [0.25, 0.3) is 0 Å². The SMILES string of the molecule is COCCN1C(=O)Cc2ccccc2[C@H]1C(=O)NCc1ccccc1Cl. The van der Waals surface area contributed by atoms with Crippen LogP contribution in [0.25, 0.3) is 0 Å². The van der Waals surface area contributed by atoms with Crippen molar-refractivity contribution in [2.75, 3.05) is 20.3 Å². The third-order valence-corrected chi connectivity index (χ3v) is 4.89. The fourth-order valence-electron chi connectivity index (χ4n) is 3.19. The molecule has 0 fully saturated rings. The predicted molar refractivity (Wildman–Crippen MR) is 99.8 cm³/mol. The highest BCUT2D eigenvalue weighted by molar-refractivity contribution is 6.31. The molecule has 2 aromatic carbocycles. The van der Waals surface area contributed by atoms with Crippen LogP contribution in [-0.2, 0) is 27.3 Å². The molecule has 0 aliphatic carbocycles. The number of hydrogen-bond donors (Lipinski definition) is 1. The summed E-state index contributed by atoms with van der Waals surface area (Å²) in [4.78, 5) is 27.1. The zero-order valence-electron chi connectivity index (χ0n) is 14.6. The summed E-state index contributed by atoms with van der Waals surface area (Å²) in [6.45, 7) is 1.06. The molecule has 2 amide bonds. The molecular formula is C20H21ClN2O3. The van der Waals surface area contributed by atoms with Crippen molar-refractivity contribution >= 4 is 23.4 Å². The number of hydrogen-bond acceptors (Lipinski definition) is 3. The number of carbonyl (C=O) groups excluding carboxylic acids is 2. The molecular weight excluding hydrogens is 352 g/mol. The second-order valence-electron chi connectivity index (χ2n) is 6.17. The van der Waals surface area contributed by atoms with E-state index in [1.54, 1.807) is 18.1 Å². The van der Waals surface area contributed by atoms with Gasteiger partial charge in [-0.15, -0.1) is 0 Å². The number of benzene rings is 2. The Bertz CT molecular complexity index is 809. The summed E-state index contributed by atoms with van der Waals surface area (Å²) < 4.78 is 5.11. The van der Waals surface area contributed by atoms with Gasteiger partial charge in [-0.05, 0) is 22.8 Å². The zero-order chi connectivity index (χ0) is 18.5. The first-order valence-corrected chi connectivity index (χ1v) is 8.87. The topological polar surface area (TPSA) is 58.6 Å². The minimum atomic E-state index is -0.662. The number of nitrogens with one attached hydrogen (secondary N) is 1. The average Bonchev–Trinajstić information content (AvgIpc) is 2.65. The van der Waals surface area contributed by atoms with Crippen molar-refractivity contribution < 1.29 is 14.3 Å². The van der Waals surface area contributed by atoms with Crippen LogP contribution in [0, 0.1) is 0 Å². The van der Waals surface area contributed by atoms with Crippen LogP contribution < -0.4 is 5.32 Å². The van der Waals surface area contributed by atoms with E-state index in [0.717, 1.165) is 16.7 Å². The van der Waals surface area contributed by atoms with Crippen LogP contribution in [0.5, 0.6) is 0 Å². The maximum atomic E-state index is 13.0. The lowest BCUT2D eigenvalue weighted by Gasteiger charge is -2.36. The van der Waals surface area contributed by atoms with Crippen LogP contribution in [0.2, 0.25) is 5.02 Å². The van der Waals surface area contributed by atoms with Crippen LogP contribution in [0.3, 0.4) is 0 Å². The monoisotopic (exact) mass is 372 g/mol. The van der Waals surface area contributed by atoms with Gasteiger partial charge < -0.3 is 15.0 Å². The van der Waals surface area contributed by atoms with Crippen molar-refractivity contribution in [3.05, 3.63) is 70.2 Å². The van der Waals surface area contributed by atoms with Crippen molar-refractivity contribution in [1.29, 1.82) is 0 Å². The van der Waals surface area contributed by atoms with Crippen LogP contribution in [0.1, 0.15) is 22.7 Å². The Morgan fingerprint density at radius 2 is 1.96 bits per heavy atom. The molecule has 1 heterocycles. The van der Waals surface area contributed by atoms with Gasteiger partial charge in [0.15, 0.2) is 0 Å². The lowest BCUT2D eigenvalue weighted by atomic mass is 9.91. The second-order valence-corrected chi connectivity index (χ2v) is 6.57. The molecule has 136 valence electrons. The number of ether oxygens (including phenoxy) is 1. The maximum Gasteiger partial charge on any atom is 0.247 e. The molecule has 1 N–H and O–H groups in total. The Morgan fingerprint density at radius 3 is 2.73 bits per heavy atom. The molecule has 3 rings (SSSR count). The Hall–Kier alpha value is -2.37. The highest BCUT2D eigenvalue weighted by Gasteiger charge is 2.36. The van der Waals surface area contributed by atoms with Crippen molar-refractivity contribution in [1.82, 2.24) is 10.2 Å². The third-order valence-electron chi connectivity index (χ3n) is 4.52. The molecule has 0 unspecified atom stereocenters. The molecule has 6 heteroatoms. The van der Waals surface area contributed by atoms with E-state index in [1.165, 1.54) is 0 Å². The van der Waals surface area contributed by atoms with E-state index < -0.39 is 6.04 Å². The van der Waals surface area contributed by atoms with Gasteiger partial charge in [0.2, 0.25) is 11.8 Å². The minimum absolute atomic E-state index is 0.0707. The number of halogens is 1. The van der Waals surface area contributed by atoms with E-state index >= 15 is 0 Å². The zero-order valence-corrected chi connectivity index (χ0v) is 15.3. The summed E-state index contributed by atoms with van der Waals surface area (Å²) in [5.41, 5.74) is 2.59. The van der Waals surface area contributed by atoms with Gasteiger partial charge in [-0.2, -0.15) is 0 Å². The fourth-order valence-corrected chi connectivity index (χ4v) is 3.39. The van der Waals surface area contributed by atoms with Gasteiger partial charge in [-0.3, -0.25) is 9.59 Å². The van der Waals surface area contributed by atoms with E-state index in [-0.39, 0.29) is 11.8 Å². The number of rotatable bonds is 6. The number of methoxy groups -OCH3 is 1. The van der Waals surface area contributed by atoms with E-state index in [4.69, 9.17) is 16.3 Å². The number of nitrogens with zero attached hydrogens (tertiary/aromatic N) is 1. The number of carbonyl (C=O) groups is 2. The summed E-state index contributed by atoms with van der Waals surface area (Å²) in [7, 11) is 1.58. The molecule has 5 nitrogen and oxygen atoms in total. The summed E-state index contributed by atoms with van der Waals surface area (Å²) >= 11 is 6.16. The van der Waals surface area contributed by atoms with E-state index in [9.17, 15) is 9.59 Å². The van der Waals surface area contributed by atoms with Crippen LogP contribution in [-0.4, -0.2) is 37.0 Å². The summed E-state index contributed by atoms with van der Waals surface area (Å²) in [6.07, 6.45) is 0.300. The molecule has 2 aromatic rings. The molecule has 1 atom stereocenters. The first-order chi connectivity index (χ1) is 12.6. The largest absolute Gasteiger partial charge is 0.383 e. The quantitative estimate of drug-likeness (QED) is 0.848. The molecule has 0 aromatic heterocycles. The van der Waals surface area contributed by atoms with Gasteiger partial charge >= 0.3 is 0 Å². The summed E-state index contributed by atoms with van der Waals surface area (Å²) in [5.74, 6) is -0.292. The summed E-state index contributed by atoms with van der Waals surface area (Å²) in [6, 6.07) is 14.3. The first kappa shape index (κ1) is 18.4. The third kappa shape index (κ3) is 3.89. The Kier molecular flexibility index (Phi) is 5.91. The van der Waals surface area contributed by atoms with Crippen molar-refractivity contribution in [2.24, 2.45) is 0 Å². The van der Waals surface area contributed by atoms with Crippen molar-refractivity contribution in [3.8, 4) is 0 Å². The Balaban J connectivity index is 1.84. The lowest BCUT2D eigenvalue weighted by Crippen LogP contribution is -2.48. The number of fused-ring (bicyclic) bond motifs is 1. The van der Waals surface area contributed by atoms with E-state index in [2.05, 4.69) is 5.32 Å². The van der Waals surface area contributed by atoms with E-state index in [1.807, 2.05) is 42.5 Å². The second kappa shape index (κ2) is 8.34. The lowest BCUT2D eigenvalue weighted by molar-refractivity contribution is -0.142. The summed E-state index contributed by atoms with van der Waals surface area (Å²) in [5, 5.41) is 3.52. The van der Waals surface area contributed by atoms with Crippen molar-refractivity contribution in [2.45, 2.75) is 19.0 Å². The van der Waals surface area contributed by atoms with Gasteiger partial charge in [0.1, 0.15) is 6.04 Å². The molecule has 1 aliphatic rings. The van der Waals surface area contributed by atoms with Crippen LogP contribution in [0.4, 0.5) is 0 Å². The molecule has 0 bridgehead atoms. The Labute approximate surface area is 157 Å². The average molecular weight is 373 g/mol. The molecule has 0 spiro atoms. The fraction of sp³-hybridized carbons (Fsp3) is 0.300. The Morgan fingerprint density at radius 1 is 1.23 bits per heavy atom. The smallest absolute Gasteiger partial charge is 0.247 e. The molecule has 0 saturated heterocycles. The van der Waals surface area contributed by atoms with Crippen LogP contribution >= 0.6 is 11.6 Å². The van der Waals surface area contributed by atoms with E-state index in [0.29, 0.717) is 31.1 Å². The number of amides is 2. The molecule has 0 radical (unpaired) electrons. The van der Waals surface area contributed by atoms with Gasteiger partial charge in [0.05, 0.1) is 13.0 Å². The van der Waals surface area contributed by atoms with Gasteiger partial charge in [0, 0.05) is 25.2 Å².